The standard InChI is InChI=1S/C23H28N2O2/c1-4-6-9-17-27-19-14-12-18(13-15-19)23(3)24-21-11-8-7-10-20(21)22(26)25(23)16-5-2/h5,7-8,10-15,24H,2,4,6,9,16-17H2,1,3H3. The summed E-state index contributed by atoms with van der Waals surface area (Å²) in [7, 11) is 0. The molecule has 0 fully saturated rings. The highest BCUT2D eigenvalue weighted by molar-refractivity contribution is 6.02. The van der Waals surface area contributed by atoms with Gasteiger partial charge < -0.3 is 15.0 Å². The number of carbonyl (C=O) groups excluding carboxylic acids is 1. The molecule has 1 amide bonds. The predicted molar refractivity (Wildman–Crippen MR) is 110 cm³/mol. The van der Waals surface area contributed by atoms with E-state index < -0.39 is 5.66 Å². The Kier molecular flexibility index (Phi) is 5.84. The van der Waals surface area contributed by atoms with Crippen LogP contribution in [-0.2, 0) is 5.66 Å². The lowest BCUT2D eigenvalue weighted by molar-refractivity contribution is 0.0572. The second-order valence-electron chi connectivity index (χ2n) is 7.03. The molecule has 2 aromatic carbocycles. The number of nitrogens with one attached hydrogen (secondary N) is 1. The predicted octanol–water partition coefficient (Wildman–Crippen LogP) is 5.18. The third kappa shape index (κ3) is 3.85. The topological polar surface area (TPSA) is 41.6 Å². The number of nitrogens with zero attached hydrogens (tertiary/aromatic N) is 1. The Hall–Kier alpha value is -2.75. The summed E-state index contributed by atoms with van der Waals surface area (Å²) in [5.41, 5.74) is 1.89. The van der Waals surface area contributed by atoms with Crippen LogP contribution in [0.15, 0.2) is 61.2 Å². The fourth-order valence-electron chi connectivity index (χ4n) is 3.50. The summed E-state index contributed by atoms with van der Waals surface area (Å²) < 4.78 is 5.82. The van der Waals surface area contributed by atoms with Gasteiger partial charge in [-0.3, -0.25) is 4.79 Å². The average Bonchev–Trinajstić information content (AvgIpc) is 2.69. The highest BCUT2D eigenvalue weighted by Gasteiger charge is 2.41. The lowest BCUT2D eigenvalue weighted by Gasteiger charge is -2.46. The van der Waals surface area contributed by atoms with E-state index in [1.54, 1.807) is 6.08 Å². The maximum Gasteiger partial charge on any atom is 0.258 e. The first kappa shape index (κ1) is 19.0. The molecule has 1 unspecified atom stereocenters. The molecule has 0 bridgehead atoms. The first-order chi connectivity index (χ1) is 13.1. The highest BCUT2D eigenvalue weighted by atomic mass is 16.5. The molecule has 4 nitrogen and oxygen atoms in total. The molecule has 2 aromatic rings. The fraction of sp³-hybridized carbons (Fsp3) is 0.348. The number of amides is 1. The summed E-state index contributed by atoms with van der Waals surface area (Å²) in [5, 5.41) is 3.55. The first-order valence-corrected chi connectivity index (χ1v) is 9.63. The first-order valence-electron chi connectivity index (χ1n) is 9.63. The molecule has 0 radical (unpaired) electrons. The van der Waals surface area contributed by atoms with Crippen LogP contribution in [-0.4, -0.2) is 24.0 Å². The number of fused-ring (bicyclic) bond motifs is 1. The molecular formula is C23H28N2O2. The highest BCUT2D eigenvalue weighted by Crippen LogP contribution is 2.38. The van der Waals surface area contributed by atoms with Gasteiger partial charge in [0.05, 0.1) is 12.2 Å². The Balaban J connectivity index is 1.86. The lowest BCUT2D eigenvalue weighted by atomic mass is 9.93. The lowest BCUT2D eigenvalue weighted by Crippen LogP contribution is -2.55. The van der Waals surface area contributed by atoms with Crippen molar-refractivity contribution in [1.82, 2.24) is 4.90 Å². The van der Waals surface area contributed by atoms with E-state index in [0.29, 0.717) is 12.1 Å². The number of anilines is 1. The zero-order valence-electron chi connectivity index (χ0n) is 16.2. The van der Waals surface area contributed by atoms with E-state index in [1.807, 2.05) is 60.4 Å². The average molecular weight is 364 g/mol. The van der Waals surface area contributed by atoms with Crippen molar-refractivity contribution in [3.05, 3.63) is 72.3 Å². The minimum Gasteiger partial charge on any atom is -0.494 e. The third-order valence-electron chi connectivity index (χ3n) is 5.07. The van der Waals surface area contributed by atoms with E-state index in [-0.39, 0.29) is 5.91 Å². The van der Waals surface area contributed by atoms with Crippen molar-refractivity contribution in [2.24, 2.45) is 0 Å². The van der Waals surface area contributed by atoms with Gasteiger partial charge in [-0.15, -0.1) is 6.58 Å². The van der Waals surface area contributed by atoms with Crippen LogP contribution in [0.2, 0.25) is 0 Å². The summed E-state index contributed by atoms with van der Waals surface area (Å²) >= 11 is 0. The van der Waals surface area contributed by atoms with Crippen LogP contribution in [0.5, 0.6) is 5.75 Å². The SMILES string of the molecule is C=CCN1C(=O)c2ccccc2NC1(C)c1ccc(OCCCCC)cc1. The number of hydrogen-bond donors (Lipinski definition) is 1. The molecule has 0 saturated heterocycles. The molecule has 1 aliphatic rings. The second-order valence-corrected chi connectivity index (χ2v) is 7.03. The van der Waals surface area contributed by atoms with Gasteiger partial charge in [0.2, 0.25) is 0 Å². The molecule has 1 N–H and O–H groups in total. The number of carbonyl (C=O) groups is 1. The third-order valence-corrected chi connectivity index (χ3v) is 5.07. The van der Waals surface area contributed by atoms with Gasteiger partial charge in [0.1, 0.15) is 11.4 Å². The fourth-order valence-corrected chi connectivity index (χ4v) is 3.50. The number of ether oxygens (including phenoxy) is 1. The van der Waals surface area contributed by atoms with Gasteiger partial charge in [0, 0.05) is 12.2 Å². The van der Waals surface area contributed by atoms with E-state index in [9.17, 15) is 4.79 Å². The minimum atomic E-state index is -0.652. The Morgan fingerprint density at radius 1 is 1.15 bits per heavy atom. The Labute approximate surface area is 161 Å². The maximum atomic E-state index is 13.1. The minimum absolute atomic E-state index is 0.00615. The Morgan fingerprint density at radius 2 is 1.89 bits per heavy atom. The van der Waals surface area contributed by atoms with Crippen molar-refractivity contribution in [2.75, 3.05) is 18.5 Å². The smallest absolute Gasteiger partial charge is 0.258 e. The number of unbranched alkanes of at least 4 members (excludes halogenated alkanes) is 2. The van der Waals surface area contributed by atoms with Crippen molar-refractivity contribution in [3.63, 3.8) is 0 Å². The molecule has 0 aromatic heterocycles. The van der Waals surface area contributed by atoms with Gasteiger partial charge >= 0.3 is 0 Å². The van der Waals surface area contributed by atoms with Crippen molar-refractivity contribution >= 4 is 11.6 Å². The monoisotopic (exact) mass is 364 g/mol. The van der Waals surface area contributed by atoms with Gasteiger partial charge in [0.25, 0.3) is 5.91 Å². The van der Waals surface area contributed by atoms with Gasteiger partial charge in [-0.25, -0.2) is 0 Å². The second kappa shape index (κ2) is 8.30. The van der Waals surface area contributed by atoms with Crippen molar-refractivity contribution in [3.8, 4) is 5.75 Å². The number of rotatable bonds is 8. The molecule has 4 heteroatoms. The number of benzene rings is 2. The van der Waals surface area contributed by atoms with Crippen LogP contribution >= 0.6 is 0 Å². The van der Waals surface area contributed by atoms with Gasteiger partial charge in [-0.05, 0) is 43.2 Å². The van der Waals surface area contributed by atoms with Crippen LogP contribution in [0, 0.1) is 0 Å². The zero-order valence-corrected chi connectivity index (χ0v) is 16.2. The molecule has 1 atom stereocenters. The summed E-state index contributed by atoms with van der Waals surface area (Å²) in [4.78, 5) is 14.9. The van der Waals surface area contributed by atoms with E-state index in [1.165, 1.54) is 12.8 Å². The molecular weight excluding hydrogens is 336 g/mol. The summed E-state index contributed by atoms with van der Waals surface area (Å²) in [6.07, 6.45) is 5.19. The van der Waals surface area contributed by atoms with Crippen LogP contribution in [0.1, 0.15) is 49.0 Å². The molecule has 0 saturated carbocycles. The van der Waals surface area contributed by atoms with Crippen molar-refractivity contribution in [2.45, 2.75) is 38.8 Å². The van der Waals surface area contributed by atoms with E-state index in [2.05, 4.69) is 18.8 Å². The Bertz CT molecular complexity index is 800. The molecule has 27 heavy (non-hydrogen) atoms. The summed E-state index contributed by atoms with van der Waals surface area (Å²) in [6.45, 7) is 9.23. The van der Waals surface area contributed by atoms with E-state index in [0.717, 1.165) is 30.0 Å². The number of hydrogen-bond acceptors (Lipinski definition) is 3. The maximum absolute atomic E-state index is 13.1. The molecule has 1 heterocycles. The number of para-hydroxylation sites is 1. The van der Waals surface area contributed by atoms with E-state index in [4.69, 9.17) is 4.74 Å². The summed E-state index contributed by atoms with van der Waals surface area (Å²) in [6, 6.07) is 15.6. The molecule has 3 rings (SSSR count). The van der Waals surface area contributed by atoms with Gasteiger partial charge in [-0.1, -0.05) is 50.1 Å². The van der Waals surface area contributed by atoms with Gasteiger partial charge in [-0.2, -0.15) is 0 Å². The largest absolute Gasteiger partial charge is 0.494 e. The Morgan fingerprint density at radius 3 is 2.59 bits per heavy atom. The molecule has 0 aliphatic carbocycles. The van der Waals surface area contributed by atoms with Crippen LogP contribution in [0.25, 0.3) is 0 Å². The van der Waals surface area contributed by atoms with Crippen molar-refractivity contribution < 1.29 is 9.53 Å². The molecule has 0 spiro atoms. The molecule has 1 aliphatic heterocycles. The van der Waals surface area contributed by atoms with Crippen LogP contribution in [0.4, 0.5) is 5.69 Å². The van der Waals surface area contributed by atoms with Gasteiger partial charge in [0.15, 0.2) is 0 Å². The van der Waals surface area contributed by atoms with Crippen LogP contribution < -0.4 is 10.1 Å². The zero-order chi connectivity index (χ0) is 19.3. The molecule has 142 valence electrons. The van der Waals surface area contributed by atoms with E-state index >= 15 is 0 Å². The van der Waals surface area contributed by atoms with Crippen molar-refractivity contribution in [1.29, 1.82) is 0 Å². The quantitative estimate of drug-likeness (QED) is 0.518. The normalized spacial score (nSPS) is 18.6. The van der Waals surface area contributed by atoms with Crippen LogP contribution in [0.3, 0.4) is 0 Å². The summed E-state index contributed by atoms with van der Waals surface area (Å²) in [5.74, 6) is 0.864.